The number of hydrogen-bond donors (Lipinski definition) is 1. The van der Waals surface area contributed by atoms with Crippen LogP contribution < -0.4 is 10.9 Å². The van der Waals surface area contributed by atoms with Gasteiger partial charge in [0.1, 0.15) is 0 Å². The summed E-state index contributed by atoms with van der Waals surface area (Å²) in [5, 5.41) is 8.28. The van der Waals surface area contributed by atoms with Crippen LogP contribution in [0, 0.1) is 0 Å². The topological polar surface area (TPSA) is 108 Å². The zero-order chi connectivity index (χ0) is 24.7. The number of aromatic nitrogens is 6. The number of carbonyl (C=O) groups excluding carboxylic acids is 1. The highest BCUT2D eigenvalue weighted by Gasteiger charge is 2.46. The molecule has 0 radical (unpaired) electrons. The second kappa shape index (κ2) is 8.72. The van der Waals surface area contributed by atoms with Crippen LogP contribution in [0.2, 0.25) is 0 Å². The lowest BCUT2D eigenvalue weighted by molar-refractivity contribution is 0.0920. The van der Waals surface area contributed by atoms with Crippen molar-refractivity contribution in [1.82, 2.24) is 34.6 Å². The van der Waals surface area contributed by atoms with Crippen LogP contribution in [0.5, 0.6) is 0 Å². The van der Waals surface area contributed by atoms with Crippen molar-refractivity contribution in [2.45, 2.75) is 64.6 Å². The van der Waals surface area contributed by atoms with Crippen molar-refractivity contribution in [2.75, 3.05) is 0 Å². The van der Waals surface area contributed by atoms with E-state index in [0.717, 1.165) is 35.8 Å². The van der Waals surface area contributed by atoms with E-state index in [-0.39, 0.29) is 29.4 Å². The average molecular weight is 472 g/mol. The highest BCUT2D eigenvalue weighted by molar-refractivity contribution is 5.93. The maximum absolute atomic E-state index is 13.1. The van der Waals surface area contributed by atoms with E-state index in [9.17, 15) is 9.59 Å². The summed E-state index contributed by atoms with van der Waals surface area (Å²) < 4.78 is 3.46. The SMILES string of the molecule is CC[C@@H](C)n1cncc(-c2ccc(C3(NC(=O)c4ncc5cnn(C(C)C)c5n4)CC3)cc2)c1=O. The highest BCUT2D eigenvalue weighted by Crippen LogP contribution is 2.46. The number of nitrogens with zero attached hydrogens (tertiary/aromatic N) is 6. The highest BCUT2D eigenvalue weighted by atomic mass is 16.2. The largest absolute Gasteiger partial charge is 0.340 e. The van der Waals surface area contributed by atoms with Crippen LogP contribution in [0.25, 0.3) is 22.2 Å². The molecule has 1 atom stereocenters. The molecule has 3 aromatic heterocycles. The summed E-state index contributed by atoms with van der Waals surface area (Å²) in [6, 6.07) is 8.00. The predicted octanol–water partition coefficient (Wildman–Crippen LogP) is 4.02. The van der Waals surface area contributed by atoms with Crippen molar-refractivity contribution in [3.05, 3.63) is 70.9 Å². The van der Waals surface area contributed by atoms with E-state index in [4.69, 9.17) is 0 Å². The van der Waals surface area contributed by atoms with Gasteiger partial charge in [-0.05, 0) is 51.2 Å². The summed E-state index contributed by atoms with van der Waals surface area (Å²) >= 11 is 0. The molecule has 0 saturated heterocycles. The van der Waals surface area contributed by atoms with Crippen molar-refractivity contribution >= 4 is 16.9 Å². The first kappa shape index (κ1) is 22.9. The van der Waals surface area contributed by atoms with E-state index >= 15 is 0 Å². The van der Waals surface area contributed by atoms with Gasteiger partial charge in [-0.15, -0.1) is 0 Å². The van der Waals surface area contributed by atoms with Gasteiger partial charge < -0.3 is 5.32 Å². The zero-order valence-corrected chi connectivity index (χ0v) is 20.4. The molecule has 0 bridgehead atoms. The molecule has 1 aliphatic rings. The quantitative estimate of drug-likeness (QED) is 0.436. The van der Waals surface area contributed by atoms with Gasteiger partial charge >= 0.3 is 0 Å². The lowest BCUT2D eigenvalue weighted by Crippen LogP contribution is -2.36. The first-order valence-electron chi connectivity index (χ1n) is 12.0. The molecule has 0 unspecified atom stereocenters. The molecule has 1 N–H and O–H groups in total. The van der Waals surface area contributed by atoms with Gasteiger partial charge in [-0.2, -0.15) is 5.10 Å². The number of nitrogens with one attached hydrogen (secondary N) is 1. The van der Waals surface area contributed by atoms with E-state index in [2.05, 4.69) is 25.4 Å². The molecule has 3 heterocycles. The Bertz CT molecular complexity index is 1450. The fourth-order valence-corrected chi connectivity index (χ4v) is 4.31. The lowest BCUT2D eigenvalue weighted by Gasteiger charge is -2.18. The molecule has 1 saturated carbocycles. The zero-order valence-electron chi connectivity index (χ0n) is 20.4. The molecule has 0 aliphatic heterocycles. The van der Waals surface area contributed by atoms with Crippen molar-refractivity contribution in [3.8, 4) is 11.1 Å². The molecule has 1 aromatic carbocycles. The molecule has 180 valence electrons. The molecule has 1 fully saturated rings. The smallest absolute Gasteiger partial charge is 0.289 e. The molecular formula is C26H29N7O2. The van der Waals surface area contributed by atoms with E-state index in [1.54, 1.807) is 34.2 Å². The van der Waals surface area contributed by atoms with Gasteiger partial charge in [0.15, 0.2) is 5.65 Å². The minimum absolute atomic E-state index is 0.0512. The molecule has 35 heavy (non-hydrogen) atoms. The van der Waals surface area contributed by atoms with E-state index in [0.29, 0.717) is 11.2 Å². The van der Waals surface area contributed by atoms with Gasteiger partial charge in [0.05, 0.1) is 29.0 Å². The molecule has 1 aliphatic carbocycles. The first-order chi connectivity index (χ1) is 16.8. The Balaban J connectivity index is 1.38. The molecule has 0 spiro atoms. The summed E-state index contributed by atoms with van der Waals surface area (Å²) in [6.07, 6.45) is 9.06. The minimum atomic E-state index is -0.446. The van der Waals surface area contributed by atoms with Crippen LogP contribution >= 0.6 is 0 Å². The Morgan fingerprint density at radius 3 is 2.51 bits per heavy atom. The summed E-state index contributed by atoms with van der Waals surface area (Å²) in [4.78, 5) is 39.0. The third kappa shape index (κ3) is 4.11. The van der Waals surface area contributed by atoms with Crippen LogP contribution in [0.1, 0.15) is 75.2 Å². The number of rotatable bonds is 7. The second-order valence-electron chi connectivity index (χ2n) is 9.55. The number of amides is 1. The number of carbonyl (C=O) groups is 1. The summed E-state index contributed by atoms with van der Waals surface area (Å²) in [7, 11) is 0. The fraction of sp³-hybridized carbons (Fsp3) is 0.385. The number of fused-ring (bicyclic) bond motifs is 1. The molecule has 5 rings (SSSR count). The van der Waals surface area contributed by atoms with Gasteiger partial charge in [0.2, 0.25) is 5.82 Å². The molecule has 1 amide bonds. The van der Waals surface area contributed by atoms with Gasteiger partial charge in [-0.25, -0.2) is 19.6 Å². The monoisotopic (exact) mass is 471 g/mol. The summed E-state index contributed by atoms with van der Waals surface area (Å²) in [5.41, 5.74) is 2.52. The van der Waals surface area contributed by atoms with Crippen LogP contribution in [0.4, 0.5) is 0 Å². The summed E-state index contributed by atoms with van der Waals surface area (Å²) in [5.74, 6) is -0.183. The Morgan fingerprint density at radius 1 is 1.11 bits per heavy atom. The Kier molecular flexibility index (Phi) is 5.70. The second-order valence-corrected chi connectivity index (χ2v) is 9.55. The fourth-order valence-electron chi connectivity index (χ4n) is 4.31. The van der Waals surface area contributed by atoms with E-state index < -0.39 is 5.54 Å². The average Bonchev–Trinajstić information content (AvgIpc) is 3.51. The molecule has 9 heteroatoms. The van der Waals surface area contributed by atoms with Crippen molar-refractivity contribution in [2.24, 2.45) is 0 Å². The summed E-state index contributed by atoms with van der Waals surface area (Å²) in [6.45, 7) is 8.09. The standard InChI is InChI=1S/C26H29N7O2/c1-5-17(4)32-15-27-14-21(25(32)35)18-6-8-20(9-7-18)26(10-11-26)31-24(34)22-28-12-19-13-29-33(16(2)3)23(19)30-22/h6-9,12-17H,5,10-11H2,1-4H3,(H,31,34)/t17-/m1/s1. The Labute approximate surface area is 203 Å². The van der Waals surface area contributed by atoms with Gasteiger partial charge in [-0.1, -0.05) is 31.2 Å². The van der Waals surface area contributed by atoms with Crippen LogP contribution in [-0.2, 0) is 5.54 Å². The van der Waals surface area contributed by atoms with Crippen molar-refractivity contribution in [1.29, 1.82) is 0 Å². The normalized spacial score (nSPS) is 15.3. The van der Waals surface area contributed by atoms with Crippen molar-refractivity contribution < 1.29 is 4.79 Å². The minimum Gasteiger partial charge on any atom is -0.340 e. The van der Waals surface area contributed by atoms with E-state index in [1.165, 1.54) is 0 Å². The number of benzene rings is 1. The Hall–Kier alpha value is -3.88. The van der Waals surface area contributed by atoms with Gasteiger partial charge in [0.25, 0.3) is 11.5 Å². The van der Waals surface area contributed by atoms with Crippen LogP contribution in [0.15, 0.2) is 54.0 Å². The molecular weight excluding hydrogens is 442 g/mol. The number of hydrogen-bond acceptors (Lipinski definition) is 6. The third-order valence-electron chi connectivity index (χ3n) is 6.80. The lowest BCUT2D eigenvalue weighted by atomic mass is 10.0. The Morgan fingerprint density at radius 2 is 1.86 bits per heavy atom. The van der Waals surface area contributed by atoms with E-state index in [1.807, 2.05) is 52.0 Å². The van der Waals surface area contributed by atoms with Crippen molar-refractivity contribution in [3.63, 3.8) is 0 Å². The third-order valence-corrected chi connectivity index (χ3v) is 6.80. The van der Waals surface area contributed by atoms with Gasteiger partial charge in [0, 0.05) is 24.5 Å². The maximum Gasteiger partial charge on any atom is 0.289 e. The van der Waals surface area contributed by atoms with Crippen LogP contribution in [-0.4, -0.2) is 35.2 Å². The molecule has 4 aromatic rings. The van der Waals surface area contributed by atoms with Gasteiger partial charge in [-0.3, -0.25) is 14.2 Å². The predicted molar refractivity (Wildman–Crippen MR) is 133 cm³/mol. The van der Waals surface area contributed by atoms with Crippen LogP contribution in [0.3, 0.4) is 0 Å². The molecule has 9 nitrogen and oxygen atoms in total. The maximum atomic E-state index is 13.1. The first-order valence-corrected chi connectivity index (χ1v) is 12.0.